The minimum Gasteiger partial charge on any atom is -0.467 e. The third-order valence-electron chi connectivity index (χ3n) is 6.68. The summed E-state index contributed by atoms with van der Waals surface area (Å²) in [5.41, 5.74) is 9.11. The van der Waals surface area contributed by atoms with Crippen LogP contribution in [0.25, 0.3) is 5.70 Å². The topological polar surface area (TPSA) is 117 Å². The van der Waals surface area contributed by atoms with Gasteiger partial charge in [-0.05, 0) is 60.8 Å². The van der Waals surface area contributed by atoms with Crippen molar-refractivity contribution in [2.24, 2.45) is 5.11 Å². The van der Waals surface area contributed by atoms with Crippen LogP contribution < -0.4 is 26.5 Å². The lowest BCUT2D eigenvalue weighted by atomic mass is 10.1. The zero-order valence-electron chi connectivity index (χ0n) is 23.5. The average molecular weight is 580 g/mol. The van der Waals surface area contributed by atoms with Crippen molar-refractivity contribution in [1.82, 2.24) is 15.6 Å². The van der Waals surface area contributed by atoms with Gasteiger partial charge >= 0.3 is 5.97 Å². The van der Waals surface area contributed by atoms with Crippen LogP contribution in [0.15, 0.2) is 115 Å². The second-order valence-corrected chi connectivity index (χ2v) is 11.7. The van der Waals surface area contributed by atoms with E-state index in [1.54, 1.807) is 0 Å². The van der Waals surface area contributed by atoms with Crippen LogP contribution >= 0.6 is 7.92 Å². The Labute approximate surface area is 247 Å². The summed E-state index contributed by atoms with van der Waals surface area (Å²) in [6.45, 7) is 4.89. The number of benzene rings is 3. The van der Waals surface area contributed by atoms with Crippen LogP contribution in [0.2, 0.25) is 0 Å². The molecule has 1 aromatic heterocycles. The average Bonchev–Trinajstić information content (AvgIpc) is 3.05. The van der Waals surface area contributed by atoms with E-state index in [2.05, 4.69) is 100 Å². The number of rotatable bonds is 14. The molecule has 1 atom stereocenters. The van der Waals surface area contributed by atoms with Crippen molar-refractivity contribution < 1.29 is 14.3 Å². The van der Waals surface area contributed by atoms with E-state index in [-0.39, 0.29) is 11.4 Å². The molecule has 1 unspecified atom stereocenters. The third-order valence-corrected chi connectivity index (χ3v) is 9.12. The molecule has 0 fully saturated rings. The Kier molecular flexibility index (Phi) is 11.1. The Balaban J connectivity index is 1.29. The van der Waals surface area contributed by atoms with E-state index >= 15 is 0 Å². The van der Waals surface area contributed by atoms with E-state index in [0.29, 0.717) is 19.4 Å². The van der Waals surface area contributed by atoms with Crippen molar-refractivity contribution in [1.29, 1.82) is 5.53 Å². The lowest BCUT2D eigenvalue weighted by molar-refractivity contribution is -0.143. The van der Waals surface area contributed by atoms with Crippen LogP contribution in [0.3, 0.4) is 0 Å². The first kappa shape index (κ1) is 30.3. The van der Waals surface area contributed by atoms with Gasteiger partial charge in [0.05, 0.1) is 12.7 Å². The number of methoxy groups -OCH3 is 1. The van der Waals surface area contributed by atoms with Gasteiger partial charge in [0.2, 0.25) is 0 Å². The van der Waals surface area contributed by atoms with Gasteiger partial charge < -0.3 is 15.4 Å². The Hall–Kier alpha value is -4.68. The largest absolute Gasteiger partial charge is 0.467 e. The fraction of sp³-hybridized carbons (Fsp3) is 0.182. The Morgan fingerprint density at radius 3 is 2.02 bits per heavy atom. The number of amides is 1. The van der Waals surface area contributed by atoms with Crippen LogP contribution in [0.5, 0.6) is 0 Å². The SMILES string of the molecule is C=C(NCCCCC(NC(=O)c1ccc(N=N)nc1)C(=O)OC)c1ccc(P(c2ccccc2)c2ccccc2)cc1. The van der Waals surface area contributed by atoms with E-state index in [9.17, 15) is 9.59 Å². The predicted octanol–water partition coefficient (Wildman–Crippen LogP) is 5.20. The Morgan fingerprint density at radius 2 is 1.48 bits per heavy atom. The van der Waals surface area contributed by atoms with Crippen molar-refractivity contribution in [3.05, 3.63) is 121 Å². The van der Waals surface area contributed by atoms with Crippen molar-refractivity contribution >= 4 is 47.2 Å². The van der Waals surface area contributed by atoms with E-state index < -0.39 is 25.8 Å². The third kappa shape index (κ3) is 8.18. The molecule has 0 aliphatic heterocycles. The molecular formula is C33H34N5O3P. The first-order valence-corrected chi connectivity index (χ1v) is 15.0. The normalized spacial score (nSPS) is 11.4. The zero-order chi connectivity index (χ0) is 29.7. The van der Waals surface area contributed by atoms with Crippen molar-refractivity contribution in [3.63, 3.8) is 0 Å². The van der Waals surface area contributed by atoms with Crippen molar-refractivity contribution in [3.8, 4) is 0 Å². The molecule has 0 radical (unpaired) electrons. The number of nitrogens with one attached hydrogen (secondary N) is 3. The van der Waals surface area contributed by atoms with E-state index in [0.717, 1.165) is 17.7 Å². The number of unbranched alkanes of at least 4 members (excludes halogenated alkanes) is 1. The molecule has 1 amide bonds. The quantitative estimate of drug-likeness (QED) is 0.0822. The second-order valence-electron chi connectivity index (χ2n) is 9.52. The van der Waals surface area contributed by atoms with Crippen molar-refractivity contribution in [2.75, 3.05) is 13.7 Å². The van der Waals surface area contributed by atoms with E-state index in [4.69, 9.17) is 10.3 Å². The predicted molar refractivity (Wildman–Crippen MR) is 168 cm³/mol. The molecule has 0 bridgehead atoms. The highest BCUT2D eigenvalue weighted by molar-refractivity contribution is 7.79. The Bertz CT molecular complexity index is 1440. The molecule has 4 rings (SSSR count). The molecule has 0 aliphatic rings. The molecular weight excluding hydrogens is 545 g/mol. The molecule has 42 heavy (non-hydrogen) atoms. The fourth-order valence-electron chi connectivity index (χ4n) is 4.45. The number of pyridine rings is 1. The number of carbonyl (C=O) groups excluding carboxylic acids is 2. The summed E-state index contributed by atoms with van der Waals surface area (Å²) in [6.07, 6.45) is 3.21. The summed E-state index contributed by atoms with van der Waals surface area (Å²) in [6, 6.07) is 32.0. The maximum Gasteiger partial charge on any atom is 0.328 e. The molecule has 3 aromatic carbocycles. The van der Waals surface area contributed by atoms with Gasteiger partial charge in [0.25, 0.3) is 5.91 Å². The molecule has 4 aromatic rings. The van der Waals surface area contributed by atoms with Crippen molar-refractivity contribution in [2.45, 2.75) is 25.3 Å². The van der Waals surface area contributed by atoms with Gasteiger partial charge in [-0.1, -0.05) is 91.5 Å². The summed E-state index contributed by atoms with van der Waals surface area (Å²) < 4.78 is 4.88. The van der Waals surface area contributed by atoms with Gasteiger partial charge in [-0.15, -0.1) is 5.11 Å². The monoisotopic (exact) mass is 579 g/mol. The summed E-state index contributed by atoms with van der Waals surface area (Å²) in [4.78, 5) is 28.8. The summed E-state index contributed by atoms with van der Waals surface area (Å²) >= 11 is 0. The minimum atomic E-state index is -0.775. The molecule has 9 heteroatoms. The fourth-order valence-corrected chi connectivity index (χ4v) is 6.73. The van der Waals surface area contributed by atoms with Gasteiger partial charge in [0, 0.05) is 18.4 Å². The smallest absolute Gasteiger partial charge is 0.328 e. The van der Waals surface area contributed by atoms with Gasteiger partial charge in [-0.3, -0.25) is 4.79 Å². The second kappa shape index (κ2) is 15.4. The number of carbonyl (C=O) groups is 2. The highest BCUT2D eigenvalue weighted by atomic mass is 31.1. The van der Waals surface area contributed by atoms with Crippen LogP contribution in [0.4, 0.5) is 5.82 Å². The van der Waals surface area contributed by atoms with Crippen LogP contribution in [0.1, 0.15) is 35.2 Å². The highest BCUT2D eigenvalue weighted by Crippen LogP contribution is 2.32. The van der Waals surface area contributed by atoms with Gasteiger partial charge in [0.15, 0.2) is 5.82 Å². The first-order valence-electron chi connectivity index (χ1n) is 13.7. The van der Waals surface area contributed by atoms with Gasteiger partial charge in [-0.25, -0.2) is 15.3 Å². The van der Waals surface area contributed by atoms with E-state index in [1.165, 1.54) is 41.4 Å². The lowest BCUT2D eigenvalue weighted by Gasteiger charge is -2.20. The highest BCUT2D eigenvalue weighted by Gasteiger charge is 2.22. The number of ether oxygens (including phenoxy) is 1. The van der Waals surface area contributed by atoms with Gasteiger partial charge in [-0.2, -0.15) is 0 Å². The lowest BCUT2D eigenvalue weighted by Crippen LogP contribution is -2.41. The maximum atomic E-state index is 12.6. The number of nitrogens with zero attached hydrogens (tertiary/aromatic N) is 2. The molecule has 0 spiro atoms. The molecule has 3 N–H and O–H groups in total. The first-order chi connectivity index (χ1) is 20.5. The number of esters is 1. The number of hydrogen-bond acceptors (Lipinski definition) is 7. The molecule has 0 saturated carbocycles. The van der Waals surface area contributed by atoms with Crippen LogP contribution in [-0.4, -0.2) is 36.6 Å². The van der Waals surface area contributed by atoms with E-state index in [1.807, 2.05) is 12.1 Å². The zero-order valence-corrected chi connectivity index (χ0v) is 24.4. The molecule has 8 nitrogen and oxygen atoms in total. The number of aromatic nitrogens is 1. The maximum absolute atomic E-state index is 12.6. The standard InChI is InChI=1S/C33H34N5O3P/c1-24(25-16-19-29(20-17-25)42(27-11-5-3-6-12-27)28-13-7-4-8-14-28)35-22-10-9-15-30(33(40)41-2)37-32(39)26-18-21-31(38-34)36-23-26/h3-8,11-14,16-21,23,30,34-35H,1,9-10,15,22H2,2H3,(H,37,39). The molecule has 1 heterocycles. The molecule has 0 aliphatic carbocycles. The molecule has 0 saturated heterocycles. The minimum absolute atomic E-state index is 0.200. The number of hydrogen-bond donors (Lipinski definition) is 3. The Morgan fingerprint density at radius 1 is 0.881 bits per heavy atom. The summed E-state index contributed by atoms with van der Waals surface area (Å²) in [5.74, 6) is -0.740. The molecule has 214 valence electrons. The van der Waals surface area contributed by atoms with Crippen LogP contribution in [0, 0.1) is 5.53 Å². The van der Waals surface area contributed by atoms with Gasteiger partial charge in [0.1, 0.15) is 6.04 Å². The summed E-state index contributed by atoms with van der Waals surface area (Å²) in [5, 5.41) is 13.2. The van der Waals surface area contributed by atoms with Crippen LogP contribution in [-0.2, 0) is 9.53 Å². The summed E-state index contributed by atoms with van der Waals surface area (Å²) in [7, 11) is 0.635.